The summed E-state index contributed by atoms with van der Waals surface area (Å²) in [7, 11) is 0. The molecule has 0 radical (unpaired) electrons. The lowest BCUT2D eigenvalue weighted by molar-refractivity contribution is -0.251. The SMILES string of the molecule is CC1(C)OC[C@H]([C@@]2(C)C[C@H](OCc3ccccc3)[C@H]2C(C)(C)O)O1. The van der Waals surface area contributed by atoms with Crippen LogP contribution in [0, 0.1) is 11.3 Å². The van der Waals surface area contributed by atoms with Crippen molar-refractivity contribution in [3.8, 4) is 0 Å². The van der Waals surface area contributed by atoms with E-state index in [4.69, 9.17) is 14.2 Å². The highest BCUT2D eigenvalue weighted by atomic mass is 16.7. The first-order valence-electron chi connectivity index (χ1n) is 8.81. The molecule has 1 aliphatic carbocycles. The van der Waals surface area contributed by atoms with Crippen molar-refractivity contribution in [3.05, 3.63) is 35.9 Å². The molecule has 4 nitrogen and oxygen atoms in total. The van der Waals surface area contributed by atoms with E-state index in [0.717, 1.165) is 12.0 Å². The standard InChI is InChI=1S/C20H30O4/c1-18(2,21)17-15(22-12-14-9-7-6-8-10-14)11-20(17,5)16-13-23-19(3,4)24-16/h6-10,15-17,21H,11-13H2,1-5H3/t15-,16+,17-,20+/m0/s1. The Bertz CT molecular complexity index is 563. The van der Waals surface area contributed by atoms with Gasteiger partial charge in [0.15, 0.2) is 5.79 Å². The van der Waals surface area contributed by atoms with Crippen LogP contribution in [-0.2, 0) is 20.8 Å². The van der Waals surface area contributed by atoms with Crippen molar-refractivity contribution in [1.29, 1.82) is 0 Å². The van der Waals surface area contributed by atoms with Gasteiger partial charge < -0.3 is 19.3 Å². The van der Waals surface area contributed by atoms with Gasteiger partial charge in [0.2, 0.25) is 0 Å². The molecule has 4 heteroatoms. The molecule has 3 rings (SSSR count). The van der Waals surface area contributed by atoms with Gasteiger partial charge in [0.05, 0.1) is 31.0 Å². The highest BCUT2D eigenvalue weighted by Gasteiger charge is 2.62. The number of hydrogen-bond acceptors (Lipinski definition) is 4. The summed E-state index contributed by atoms with van der Waals surface area (Å²) in [5, 5.41) is 10.8. The van der Waals surface area contributed by atoms with Crippen LogP contribution in [0.3, 0.4) is 0 Å². The summed E-state index contributed by atoms with van der Waals surface area (Å²) in [5.41, 5.74) is 0.180. The molecule has 2 fully saturated rings. The summed E-state index contributed by atoms with van der Waals surface area (Å²) in [6.45, 7) is 11.0. The van der Waals surface area contributed by atoms with E-state index < -0.39 is 11.4 Å². The molecule has 134 valence electrons. The zero-order valence-corrected chi connectivity index (χ0v) is 15.4. The maximum absolute atomic E-state index is 10.8. The van der Waals surface area contributed by atoms with Gasteiger partial charge in [0.25, 0.3) is 0 Å². The fourth-order valence-corrected chi connectivity index (χ4v) is 4.48. The minimum absolute atomic E-state index is 0.0104. The first-order valence-corrected chi connectivity index (χ1v) is 8.81. The van der Waals surface area contributed by atoms with Crippen molar-refractivity contribution in [2.24, 2.45) is 11.3 Å². The Morgan fingerprint density at radius 3 is 2.42 bits per heavy atom. The molecule has 1 heterocycles. The van der Waals surface area contributed by atoms with Crippen molar-refractivity contribution >= 4 is 0 Å². The van der Waals surface area contributed by atoms with Crippen molar-refractivity contribution < 1.29 is 19.3 Å². The average Bonchev–Trinajstić information content (AvgIpc) is 2.82. The van der Waals surface area contributed by atoms with Gasteiger partial charge in [0.1, 0.15) is 0 Å². The zero-order chi connectivity index (χ0) is 17.6. The summed E-state index contributed by atoms with van der Waals surface area (Å²) in [4.78, 5) is 0. The van der Waals surface area contributed by atoms with E-state index in [1.807, 2.05) is 45.9 Å². The monoisotopic (exact) mass is 334 g/mol. The Morgan fingerprint density at radius 2 is 1.88 bits per heavy atom. The summed E-state index contributed by atoms with van der Waals surface area (Å²) in [6, 6.07) is 10.2. The Kier molecular flexibility index (Phi) is 4.54. The van der Waals surface area contributed by atoms with Crippen molar-refractivity contribution in [2.45, 2.75) is 71.2 Å². The maximum atomic E-state index is 10.8. The van der Waals surface area contributed by atoms with Crippen LogP contribution in [0.4, 0.5) is 0 Å². The predicted molar refractivity (Wildman–Crippen MR) is 92.4 cm³/mol. The Hall–Kier alpha value is -0.940. The first kappa shape index (κ1) is 17.9. The van der Waals surface area contributed by atoms with E-state index in [1.165, 1.54) is 0 Å². The molecule has 1 aromatic rings. The van der Waals surface area contributed by atoms with E-state index >= 15 is 0 Å². The second-order valence-corrected chi connectivity index (χ2v) is 8.49. The molecule has 1 saturated carbocycles. The average molecular weight is 334 g/mol. The lowest BCUT2D eigenvalue weighted by atomic mass is 9.51. The minimum Gasteiger partial charge on any atom is -0.390 e. The zero-order valence-electron chi connectivity index (χ0n) is 15.4. The van der Waals surface area contributed by atoms with Gasteiger partial charge in [-0.3, -0.25) is 0 Å². The smallest absolute Gasteiger partial charge is 0.163 e. The van der Waals surface area contributed by atoms with E-state index in [-0.39, 0.29) is 23.5 Å². The Balaban J connectivity index is 1.69. The Morgan fingerprint density at radius 1 is 1.21 bits per heavy atom. The van der Waals surface area contributed by atoms with Gasteiger partial charge in [-0.2, -0.15) is 0 Å². The molecular weight excluding hydrogens is 304 g/mol. The molecule has 0 bridgehead atoms. The van der Waals surface area contributed by atoms with Crippen LogP contribution in [0.1, 0.15) is 46.6 Å². The minimum atomic E-state index is -0.829. The van der Waals surface area contributed by atoms with Gasteiger partial charge in [0, 0.05) is 11.3 Å². The summed E-state index contributed by atoms with van der Waals surface area (Å²) in [5.74, 6) is -0.537. The van der Waals surface area contributed by atoms with Crippen LogP contribution in [0.5, 0.6) is 0 Å². The lowest BCUT2D eigenvalue weighted by Crippen LogP contribution is -2.64. The number of ether oxygens (including phenoxy) is 3. The molecule has 1 N–H and O–H groups in total. The van der Waals surface area contributed by atoms with Gasteiger partial charge >= 0.3 is 0 Å². The van der Waals surface area contributed by atoms with Crippen LogP contribution in [0.25, 0.3) is 0 Å². The molecule has 24 heavy (non-hydrogen) atoms. The Labute approximate surface area is 145 Å². The predicted octanol–water partition coefficient (Wildman–Crippen LogP) is 3.52. The number of benzene rings is 1. The molecule has 0 spiro atoms. The molecular formula is C20H30O4. The van der Waals surface area contributed by atoms with Crippen LogP contribution in [0.15, 0.2) is 30.3 Å². The normalized spacial score (nSPS) is 35.7. The molecule has 1 saturated heterocycles. The third-order valence-electron chi connectivity index (χ3n) is 5.54. The molecule has 1 aliphatic heterocycles. The topological polar surface area (TPSA) is 47.9 Å². The molecule has 0 aromatic heterocycles. The highest BCUT2D eigenvalue weighted by molar-refractivity contribution is 5.15. The molecule has 4 atom stereocenters. The van der Waals surface area contributed by atoms with Crippen molar-refractivity contribution in [2.75, 3.05) is 6.61 Å². The van der Waals surface area contributed by atoms with Gasteiger partial charge in [-0.1, -0.05) is 37.3 Å². The van der Waals surface area contributed by atoms with Gasteiger partial charge in [-0.25, -0.2) is 0 Å². The van der Waals surface area contributed by atoms with Crippen molar-refractivity contribution in [3.63, 3.8) is 0 Å². The van der Waals surface area contributed by atoms with E-state index in [1.54, 1.807) is 0 Å². The third-order valence-corrected chi connectivity index (χ3v) is 5.54. The molecule has 0 unspecified atom stereocenters. The largest absolute Gasteiger partial charge is 0.390 e. The van der Waals surface area contributed by atoms with Crippen molar-refractivity contribution in [1.82, 2.24) is 0 Å². The van der Waals surface area contributed by atoms with Crippen LogP contribution < -0.4 is 0 Å². The maximum Gasteiger partial charge on any atom is 0.163 e. The van der Waals surface area contributed by atoms with Gasteiger partial charge in [-0.15, -0.1) is 0 Å². The number of aliphatic hydroxyl groups is 1. The summed E-state index contributed by atoms with van der Waals surface area (Å²) in [6.07, 6.45) is 0.890. The lowest BCUT2D eigenvalue weighted by Gasteiger charge is -2.59. The van der Waals surface area contributed by atoms with Crippen LogP contribution >= 0.6 is 0 Å². The molecule has 0 amide bonds. The first-order chi connectivity index (χ1) is 11.1. The number of rotatable bonds is 5. The van der Waals surface area contributed by atoms with Crippen LogP contribution in [0.2, 0.25) is 0 Å². The number of hydrogen-bond donors (Lipinski definition) is 1. The fourth-order valence-electron chi connectivity index (χ4n) is 4.48. The molecule has 1 aromatic carbocycles. The fraction of sp³-hybridized carbons (Fsp3) is 0.700. The van der Waals surface area contributed by atoms with Crippen LogP contribution in [-0.4, -0.2) is 35.3 Å². The van der Waals surface area contributed by atoms with E-state index in [9.17, 15) is 5.11 Å². The van der Waals surface area contributed by atoms with Gasteiger partial charge in [-0.05, 0) is 39.7 Å². The summed E-state index contributed by atoms with van der Waals surface area (Å²) < 4.78 is 18.0. The second kappa shape index (κ2) is 6.10. The quantitative estimate of drug-likeness (QED) is 0.895. The second-order valence-electron chi connectivity index (χ2n) is 8.49. The summed E-state index contributed by atoms with van der Waals surface area (Å²) >= 11 is 0. The third kappa shape index (κ3) is 3.38. The molecule has 2 aliphatic rings. The van der Waals surface area contributed by atoms with E-state index in [0.29, 0.717) is 13.2 Å². The highest BCUT2D eigenvalue weighted by Crippen LogP contribution is 2.57. The van der Waals surface area contributed by atoms with E-state index in [2.05, 4.69) is 19.1 Å².